The van der Waals surface area contributed by atoms with E-state index in [9.17, 15) is 0 Å². The van der Waals surface area contributed by atoms with Crippen LogP contribution in [0.2, 0.25) is 5.02 Å². The van der Waals surface area contributed by atoms with Crippen molar-refractivity contribution in [3.63, 3.8) is 0 Å². The van der Waals surface area contributed by atoms with Crippen LogP contribution >= 0.6 is 23.8 Å². The summed E-state index contributed by atoms with van der Waals surface area (Å²) in [6.07, 6.45) is 0. The average molecular weight is 278 g/mol. The van der Waals surface area contributed by atoms with Gasteiger partial charge in [0.25, 0.3) is 0 Å². The number of nitrogens with two attached hydrogens (primary N) is 1. The second-order valence-corrected chi connectivity index (χ2v) is 4.62. The summed E-state index contributed by atoms with van der Waals surface area (Å²) in [5.41, 5.74) is 7.31. The standard InChI is InChI=1S/C14H12ClNOS/c15-13-4-2-1-3-11(13)9-17-12-7-5-10(6-8-12)14(16)18/h1-8H,9H2,(H2,16,18). The zero-order valence-corrected chi connectivity index (χ0v) is 11.2. The Morgan fingerprint density at radius 3 is 2.39 bits per heavy atom. The van der Waals surface area contributed by atoms with Crippen molar-refractivity contribution in [2.75, 3.05) is 0 Å². The summed E-state index contributed by atoms with van der Waals surface area (Å²) in [6, 6.07) is 15.0. The Morgan fingerprint density at radius 1 is 1.11 bits per heavy atom. The number of benzene rings is 2. The molecule has 0 radical (unpaired) electrons. The lowest BCUT2D eigenvalue weighted by Crippen LogP contribution is -2.08. The molecule has 2 rings (SSSR count). The summed E-state index contributed by atoms with van der Waals surface area (Å²) >= 11 is 10.9. The van der Waals surface area contributed by atoms with E-state index in [2.05, 4.69) is 0 Å². The van der Waals surface area contributed by atoms with Crippen molar-refractivity contribution in [1.82, 2.24) is 0 Å². The topological polar surface area (TPSA) is 35.2 Å². The molecule has 0 saturated carbocycles. The first-order valence-corrected chi connectivity index (χ1v) is 6.21. The molecule has 0 aromatic heterocycles. The van der Waals surface area contributed by atoms with Crippen LogP contribution in [-0.4, -0.2) is 4.99 Å². The molecule has 2 aromatic carbocycles. The van der Waals surface area contributed by atoms with E-state index < -0.39 is 0 Å². The Kier molecular flexibility index (Phi) is 4.18. The fourth-order valence-electron chi connectivity index (χ4n) is 1.49. The lowest BCUT2D eigenvalue weighted by atomic mass is 10.2. The second kappa shape index (κ2) is 5.85. The van der Waals surface area contributed by atoms with E-state index in [0.29, 0.717) is 16.6 Å². The van der Waals surface area contributed by atoms with E-state index in [1.54, 1.807) is 0 Å². The van der Waals surface area contributed by atoms with Crippen LogP contribution in [0.5, 0.6) is 5.75 Å². The Labute approximate surface area is 116 Å². The molecule has 0 bridgehead atoms. The molecule has 0 aliphatic rings. The number of hydrogen-bond donors (Lipinski definition) is 1. The van der Waals surface area contributed by atoms with E-state index in [4.69, 9.17) is 34.3 Å². The third kappa shape index (κ3) is 3.22. The van der Waals surface area contributed by atoms with Crippen LogP contribution in [0.1, 0.15) is 11.1 Å². The Balaban J connectivity index is 2.02. The smallest absolute Gasteiger partial charge is 0.119 e. The van der Waals surface area contributed by atoms with Gasteiger partial charge in [-0.2, -0.15) is 0 Å². The van der Waals surface area contributed by atoms with Gasteiger partial charge in [-0.3, -0.25) is 0 Å². The highest BCUT2D eigenvalue weighted by Crippen LogP contribution is 2.18. The maximum atomic E-state index is 6.04. The zero-order valence-electron chi connectivity index (χ0n) is 9.60. The zero-order chi connectivity index (χ0) is 13.0. The van der Waals surface area contributed by atoms with Gasteiger partial charge >= 0.3 is 0 Å². The van der Waals surface area contributed by atoms with E-state index in [1.165, 1.54) is 0 Å². The van der Waals surface area contributed by atoms with E-state index in [-0.39, 0.29) is 0 Å². The lowest BCUT2D eigenvalue weighted by molar-refractivity contribution is 0.306. The first-order valence-electron chi connectivity index (χ1n) is 5.43. The molecule has 2 nitrogen and oxygen atoms in total. The van der Waals surface area contributed by atoms with Crippen molar-refractivity contribution in [2.45, 2.75) is 6.61 Å². The molecule has 0 spiro atoms. The monoisotopic (exact) mass is 277 g/mol. The molecule has 0 aliphatic heterocycles. The molecule has 0 amide bonds. The molecular weight excluding hydrogens is 266 g/mol. The summed E-state index contributed by atoms with van der Waals surface area (Å²) in [7, 11) is 0. The molecule has 4 heteroatoms. The molecule has 0 unspecified atom stereocenters. The Bertz CT molecular complexity index is 554. The van der Waals surface area contributed by atoms with Crippen LogP contribution in [0.15, 0.2) is 48.5 Å². The van der Waals surface area contributed by atoms with Gasteiger partial charge in [0.15, 0.2) is 0 Å². The Hall–Kier alpha value is -1.58. The highest BCUT2D eigenvalue weighted by Gasteiger charge is 2.01. The minimum atomic E-state index is 0.382. The highest BCUT2D eigenvalue weighted by atomic mass is 35.5. The van der Waals surface area contributed by atoms with Gasteiger partial charge in [0.05, 0.1) is 0 Å². The van der Waals surface area contributed by atoms with Crippen LogP contribution in [-0.2, 0) is 6.61 Å². The van der Waals surface area contributed by atoms with Gasteiger partial charge in [0, 0.05) is 16.1 Å². The van der Waals surface area contributed by atoms with Crippen molar-refractivity contribution in [3.05, 3.63) is 64.7 Å². The number of thiocarbonyl (C=S) groups is 1. The fourth-order valence-corrected chi connectivity index (χ4v) is 1.82. The van der Waals surface area contributed by atoms with Gasteiger partial charge in [0.2, 0.25) is 0 Å². The van der Waals surface area contributed by atoms with Crippen molar-refractivity contribution in [3.8, 4) is 5.75 Å². The molecule has 92 valence electrons. The van der Waals surface area contributed by atoms with Crippen molar-refractivity contribution >= 4 is 28.8 Å². The summed E-state index contributed by atoms with van der Waals surface area (Å²) in [5.74, 6) is 0.759. The molecule has 0 atom stereocenters. The van der Waals surface area contributed by atoms with Gasteiger partial charge in [-0.1, -0.05) is 42.0 Å². The third-order valence-electron chi connectivity index (χ3n) is 2.49. The largest absolute Gasteiger partial charge is 0.489 e. The normalized spacial score (nSPS) is 10.1. The molecule has 0 saturated heterocycles. The number of halogens is 1. The minimum absolute atomic E-state index is 0.382. The summed E-state index contributed by atoms with van der Waals surface area (Å²) < 4.78 is 5.64. The predicted molar refractivity (Wildman–Crippen MR) is 78.1 cm³/mol. The third-order valence-corrected chi connectivity index (χ3v) is 3.10. The highest BCUT2D eigenvalue weighted by molar-refractivity contribution is 7.80. The molecule has 2 aromatic rings. The van der Waals surface area contributed by atoms with Gasteiger partial charge in [0.1, 0.15) is 17.3 Å². The van der Waals surface area contributed by atoms with Gasteiger partial charge in [-0.25, -0.2) is 0 Å². The minimum Gasteiger partial charge on any atom is -0.489 e. The number of hydrogen-bond acceptors (Lipinski definition) is 2. The first-order chi connectivity index (χ1) is 8.66. The van der Waals surface area contributed by atoms with Crippen LogP contribution in [0, 0.1) is 0 Å². The first kappa shape index (κ1) is 12.9. The van der Waals surface area contributed by atoms with Crippen molar-refractivity contribution in [1.29, 1.82) is 0 Å². The molecule has 2 N–H and O–H groups in total. The quantitative estimate of drug-likeness (QED) is 0.868. The van der Waals surface area contributed by atoms with Gasteiger partial charge in [-0.15, -0.1) is 0 Å². The SMILES string of the molecule is NC(=S)c1ccc(OCc2ccccc2Cl)cc1. The van der Waals surface area contributed by atoms with E-state index in [0.717, 1.165) is 16.9 Å². The Morgan fingerprint density at radius 2 is 1.78 bits per heavy atom. The maximum absolute atomic E-state index is 6.04. The number of rotatable bonds is 4. The predicted octanol–water partition coefficient (Wildman–Crippen LogP) is 3.55. The summed E-state index contributed by atoms with van der Waals surface area (Å²) in [4.78, 5) is 0.382. The lowest BCUT2D eigenvalue weighted by Gasteiger charge is -2.08. The van der Waals surface area contributed by atoms with Gasteiger partial charge in [-0.05, 0) is 30.3 Å². The molecule has 0 fully saturated rings. The van der Waals surface area contributed by atoms with Crippen LogP contribution in [0.25, 0.3) is 0 Å². The van der Waals surface area contributed by atoms with E-state index in [1.807, 2.05) is 48.5 Å². The van der Waals surface area contributed by atoms with Crippen LogP contribution in [0.3, 0.4) is 0 Å². The van der Waals surface area contributed by atoms with E-state index >= 15 is 0 Å². The fraction of sp³-hybridized carbons (Fsp3) is 0.0714. The summed E-state index contributed by atoms with van der Waals surface area (Å²) in [5, 5.41) is 0.706. The molecule has 0 aliphatic carbocycles. The number of ether oxygens (including phenoxy) is 1. The summed E-state index contributed by atoms with van der Waals surface area (Å²) in [6.45, 7) is 0.437. The second-order valence-electron chi connectivity index (χ2n) is 3.77. The molecule has 0 heterocycles. The average Bonchev–Trinajstić information content (AvgIpc) is 2.38. The molecule has 18 heavy (non-hydrogen) atoms. The molecular formula is C14H12ClNOS. The van der Waals surface area contributed by atoms with Gasteiger partial charge < -0.3 is 10.5 Å². The van der Waals surface area contributed by atoms with Crippen LogP contribution in [0.4, 0.5) is 0 Å². The van der Waals surface area contributed by atoms with Crippen LogP contribution < -0.4 is 10.5 Å². The maximum Gasteiger partial charge on any atom is 0.119 e. The van der Waals surface area contributed by atoms with Crippen molar-refractivity contribution in [2.24, 2.45) is 5.73 Å². The van der Waals surface area contributed by atoms with Crippen molar-refractivity contribution < 1.29 is 4.74 Å².